The average molecular weight is 314 g/mol. The molecule has 0 aliphatic carbocycles. The molecule has 0 saturated carbocycles. The number of pyridine rings is 1. The molecule has 1 amide bonds. The Morgan fingerprint density at radius 3 is 2.35 bits per heavy atom. The maximum absolute atomic E-state index is 12.6. The lowest BCUT2D eigenvalue weighted by atomic mass is 10.1. The van der Waals surface area contributed by atoms with Crippen molar-refractivity contribution < 1.29 is 4.79 Å². The Kier molecular flexibility index (Phi) is 5.59. The van der Waals surface area contributed by atoms with Gasteiger partial charge in [-0.15, -0.1) is 0 Å². The van der Waals surface area contributed by atoms with Gasteiger partial charge in [0.2, 0.25) is 0 Å². The van der Waals surface area contributed by atoms with E-state index in [1.807, 2.05) is 18.2 Å². The lowest BCUT2D eigenvalue weighted by Gasteiger charge is -2.14. The van der Waals surface area contributed by atoms with Crippen LogP contribution in [0.2, 0.25) is 0 Å². The second-order valence-corrected chi connectivity index (χ2v) is 6.88. The van der Waals surface area contributed by atoms with E-state index in [9.17, 15) is 9.59 Å². The van der Waals surface area contributed by atoms with Gasteiger partial charge in [0.1, 0.15) is 0 Å². The van der Waals surface area contributed by atoms with Gasteiger partial charge in [0.05, 0.1) is 5.56 Å². The fourth-order valence-electron chi connectivity index (χ4n) is 2.62. The Balaban J connectivity index is 2.43. The molecule has 2 rings (SSSR count). The highest BCUT2D eigenvalue weighted by atomic mass is 16.2. The maximum Gasteiger partial charge on any atom is 0.258 e. The molecule has 0 aliphatic heterocycles. The van der Waals surface area contributed by atoms with Gasteiger partial charge < -0.3 is 9.88 Å². The van der Waals surface area contributed by atoms with E-state index in [0.29, 0.717) is 35.9 Å². The molecule has 4 heteroatoms. The summed E-state index contributed by atoms with van der Waals surface area (Å²) in [6.45, 7) is 9.63. The van der Waals surface area contributed by atoms with E-state index in [2.05, 4.69) is 33.0 Å². The van der Waals surface area contributed by atoms with Crippen LogP contribution in [-0.4, -0.2) is 17.0 Å². The molecule has 0 fully saturated rings. The highest BCUT2D eigenvalue weighted by Gasteiger charge is 2.15. The third-order valence-electron chi connectivity index (χ3n) is 3.81. The van der Waals surface area contributed by atoms with Crippen LogP contribution >= 0.6 is 0 Å². The monoisotopic (exact) mass is 314 g/mol. The first-order valence-corrected chi connectivity index (χ1v) is 8.30. The van der Waals surface area contributed by atoms with Crippen molar-refractivity contribution in [3.8, 4) is 0 Å². The van der Waals surface area contributed by atoms with Crippen molar-refractivity contribution in [1.29, 1.82) is 0 Å². The van der Waals surface area contributed by atoms with Crippen LogP contribution < -0.4 is 10.9 Å². The first-order chi connectivity index (χ1) is 10.9. The van der Waals surface area contributed by atoms with Gasteiger partial charge in [-0.05, 0) is 24.3 Å². The Morgan fingerprint density at radius 1 is 1.09 bits per heavy atom. The van der Waals surface area contributed by atoms with Gasteiger partial charge in [-0.3, -0.25) is 9.59 Å². The first kappa shape index (κ1) is 17.3. The number of aromatic nitrogens is 1. The number of carbonyl (C=O) groups is 1. The van der Waals surface area contributed by atoms with Crippen molar-refractivity contribution in [2.75, 3.05) is 6.54 Å². The van der Waals surface area contributed by atoms with E-state index in [4.69, 9.17) is 0 Å². The summed E-state index contributed by atoms with van der Waals surface area (Å²) in [6, 6.07) is 7.33. The van der Waals surface area contributed by atoms with Gasteiger partial charge in [0, 0.05) is 30.1 Å². The first-order valence-electron chi connectivity index (χ1n) is 8.30. The summed E-state index contributed by atoms with van der Waals surface area (Å²) >= 11 is 0. The number of nitrogens with zero attached hydrogens (tertiary/aromatic N) is 1. The fourth-order valence-corrected chi connectivity index (χ4v) is 2.62. The summed E-state index contributed by atoms with van der Waals surface area (Å²) in [4.78, 5) is 25.1. The summed E-state index contributed by atoms with van der Waals surface area (Å²) in [5, 5.41) is 4.29. The average Bonchev–Trinajstić information content (AvgIpc) is 2.49. The van der Waals surface area contributed by atoms with Gasteiger partial charge in [-0.2, -0.15) is 0 Å². The number of rotatable bonds is 6. The molecule has 2 aromatic rings. The molecule has 1 heterocycles. The van der Waals surface area contributed by atoms with E-state index in [1.165, 1.54) is 0 Å². The largest absolute Gasteiger partial charge is 0.352 e. The van der Waals surface area contributed by atoms with Crippen LogP contribution in [0.1, 0.15) is 44.5 Å². The molecule has 0 unspecified atom stereocenters. The Morgan fingerprint density at radius 2 is 1.74 bits per heavy atom. The van der Waals surface area contributed by atoms with E-state index >= 15 is 0 Å². The summed E-state index contributed by atoms with van der Waals surface area (Å²) in [6.07, 6.45) is 2.64. The van der Waals surface area contributed by atoms with Crippen LogP contribution in [-0.2, 0) is 6.54 Å². The molecule has 1 aromatic carbocycles. The molecule has 0 spiro atoms. The molecule has 0 atom stereocenters. The molecule has 0 radical (unpaired) electrons. The fraction of sp³-hybridized carbons (Fsp3) is 0.474. The van der Waals surface area contributed by atoms with Crippen molar-refractivity contribution >= 4 is 16.7 Å². The van der Waals surface area contributed by atoms with E-state index < -0.39 is 0 Å². The molecular weight excluding hydrogens is 288 g/mol. The predicted octanol–water partition coefficient (Wildman–Crippen LogP) is 3.43. The lowest BCUT2D eigenvalue weighted by Crippen LogP contribution is -2.29. The van der Waals surface area contributed by atoms with Gasteiger partial charge in [-0.1, -0.05) is 45.9 Å². The minimum Gasteiger partial charge on any atom is -0.352 e. The smallest absolute Gasteiger partial charge is 0.258 e. The van der Waals surface area contributed by atoms with E-state index in [-0.39, 0.29) is 11.5 Å². The molecule has 1 aromatic heterocycles. The quantitative estimate of drug-likeness (QED) is 0.888. The zero-order chi connectivity index (χ0) is 17.0. The highest BCUT2D eigenvalue weighted by molar-refractivity contribution is 6.06. The summed E-state index contributed by atoms with van der Waals surface area (Å²) in [5.41, 5.74) is 0.539. The van der Waals surface area contributed by atoms with Gasteiger partial charge in [0.25, 0.3) is 11.5 Å². The van der Waals surface area contributed by atoms with Crippen molar-refractivity contribution in [2.24, 2.45) is 11.8 Å². The second kappa shape index (κ2) is 7.44. The molecule has 0 aliphatic rings. The van der Waals surface area contributed by atoms with E-state index in [0.717, 1.165) is 11.8 Å². The standard InChI is InChI=1S/C19H26N2O2/c1-13(2)9-10-20-18(22)17-12-21(11-14(3)4)19(23)16-8-6-5-7-15(16)17/h5-8,12-14H,9-11H2,1-4H3,(H,20,22). The predicted molar refractivity (Wildman–Crippen MR) is 94.8 cm³/mol. The van der Waals surface area contributed by atoms with Gasteiger partial charge >= 0.3 is 0 Å². The topological polar surface area (TPSA) is 51.1 Å². The van der Waals surface area contributed by atoms with Crippen molar-refractivity contribution in [1.82, 2.24) is 9.88 Å². The van der Waals surface area contributed by atoms with Crippen LogP contribution in [0, 0.1) is 11.8 Å². The number of hydrogen-bond donors (Lipinski definition) is 1. The lowest BCUT2D eigenvalue weighted by molar-refractivity contribution is 0.0952. The third kappa shape index (κ3) is 4.21. The normalized spacial score (nSPS) is 11.4. The van der Waals surface area contributed by atoms with Crippen LogP contribution in [0.15, 0.2) is 35.3 Å². The molecule has 0 saturated heterocycles. The molecule has 1 N–H and O–H groups in total. The van der Waals surface area contributed by atoms with E-state index in [1.54, 1.807) is 16.8 Å². The Bertz CT molecular complexity index is 745. The molecule has 23 heavy (non-hydrogen) atoms. The van der Waals surface area contributed by atoms with Crippen LogP contribution in [0.25, 0.3) is 10.8 Å². The van der Waals surface area contributed by atoms with Gasteiger partial charge in [-0.25, -0.2) is 0 Å². The van der Waals surface area contributed by atoms with Gasteiger partial charge in [0.15, 0.2) is 0 Å². The summed E-state index contributed by atoms with van der Waals surface area (Å²) in [7, 11) is 0. The number of amides is 1. The Hall–Kier alpha value is -2.10. The van der Waals surface area contributed by atoms with Crippen LogP contribution in [0.5, 0.6) is 0 Å². The number of fused-ring (bicyclic) bond motifs is 1. The summed E-state index contributed by atoms with van der Waals surface area (Å²) in [5.74, 6) is 0.770. The number of hydrogen-bond acceptors (Lipinski definition) is 2. The highest BCUT2D eigenvalue weighted by Crippen LogP contribution is 2.16. The zero-order valence-corrected chi connectivity index (χ0v) is 14.4. The maximum atomic E-state index is 12.6. The molecular formula is C19H26N2O2. The Labute approximate surface area is 137 Å². The van der Waals surface area contributed by atoms with Crippen molar-refractivity contribution in [3.05, 3.63) is 46.4 Å². The minimum absolute atomic E-state index is 0.0342. The number of nitrogens with one attached hydrogen (secondary N) is 1. The van der Waals surface area contributed by atoms with Crippen molar-refractivity contribution in [2.45, 2.75) is 40.7 Å². The minimum atomic E-state index is -0.112. The SMILES string of the molecule is CC(C)CCNC(=O)c1cn(CC(C)C)c(=O)c2ccccc12. The summed E-state index contributed by atoms with van der Waals surface area (Å²) < 4.78 is 1.66. The molecule has 0 bridgehead atoms. The second-order valence-electron chi connectivity index (χ2n) is 6.88. The van der Waals surface area contributed by atoms with Crippen molar-refractivity contribution in [3.63, 3.8) is 0 Å². The zero-order valence-electron chi connectivity index (χ0n) is 14.4. The molecule has 4 nitrogen and oxygen atoms in total. The molecule has 124 valence electrons. The van der Waals surface area contributed by atoms with Crippen LogP contribution in [0.3, 0.4) is 0 Å². The number of carbonyl (C=O) groups excluding carboxylic acids is 1. The third-order valence-corrected chi connectivity index (χ3v) is 3.81. The van der Waals surface area contributed by atoms with Crippen LogP contribution in [0.4, 0.5) is 0 Å². The number of benzene rings is 1.